The minimum atomic E-state index is 0.376. The molecule has 2 rings (SSSR count). The molecule has 18 heavy (non-hydrogen) atoms. The molecule has 0 bridgehead atoms. The van der Waals surface area contributed by atoms with Gasteiger partial charge in [-0.2, -0.15) is 0 Å². The van der Waals surface area contributed by atoms with Crippen LogP contribution in [0.15, 0.2) is 12.1 Å². The maximum Gasteiger partial charge on any atom is 0.128 e. The first-order valence-corrected chi connectivity index (χ1v) is 6.27. The molecule has 1 unspecified atom stereocenters. The highest BCUT2D eigenvalue weighted by Crippen LogP contribution is 2.36. The zero-order valence-corrected chi connectivity index (χ0v) is 11.3. The average molecular weight is 251 g/mol. The van der Waals surface area contributed by atoms with Crippen molar-refractivity contribution in [1.29, 1.82) is 0 Å². The van der Waals surface area contributed by atoms with Gasteiger partial charge in [-0.1, -0.05) is 0 Å². The predicted octanol–water partition coefficient (Wildman–Crippen LogP) is 2.27. The first-order valence-electron chi connectivity index (χ1n) is 6.27. The summed E-state index contributed by atoms with van der Waals surface area (Å²) in [6.45, 7) is 1.62. The first-order chi connectivity index (χ1) is 8.80. The monoisotopic (exact) mass is 251 g/mol. The fourth-order valence-corrected chi connectivity index (χ4v) is 2.48. The van der Waals surface area contributed by atoms with Crippen molar-refractivity contribution in [3.8, 4) is 11.5 Å². The molecule has 4 heteroatoms. The van der Waals surface area contributed by atoms with Gasteiger partial charge in [-0.05, 0) is 25.5 Å². The summed E-state index contributed by atoms with van der Waals surface area (Å²) in [5, 5.41) is 3.49. The van der Waals surface area contributed by atoms with Crippen molar-refractivity contribution in [3.05, 3.63) is 23.3 Å². The van der Waals surface area contributed by atoms with Crippen molar-refractivity contribution in [3.63, 3.8) is 0 Å². The van der Waals surface area contributed by atoms with Gasteiger partial charge >= 0.3 is 0 Å². The lowest BCUT2D eigenvalue weighted by Gasteiger charge is -2.18. The maximum atomic E-state index is 5.47. The van der Waals surface area contributed by atoms with Crippen LogP contribution < -0.4 is 14.8 Å². The number of benzene rings is 1. The van der Waals surface area contributed by atoms with Gasteiger partial charge in [0, 0.05) is 30.3 Å². The molecule has 0 spiro atoms. The largest absolute Gasteiger partial charge is 0.496 e. The summed E-state index contributed by atoms with van der Waals surface area (Å²) < 4.78 is 16.1. The second-order valence-corrected chi connectivity index (χ2v) is 4.49. The molecule has 1 aromatic carbocycles. The van der Waals surface area contributed by atoms with E-state index >= 15 is 0 Å². The molecule has 0 amide bonds. The molecule has 1 saturated heterocycles. The van der Waals surface area contributed by atoms with Crippen LogP contribution >= 0.6 is 0 Å². The fourth-order valence-electron chi connectivity index (χ4n) is 2.48. The number of ether oxygens (including phenoxy) is 3. The van der Waals surface area contributed by atoms with Crippen LogP contribution in [-0.4, -0.2) is 27.9 Å². The standard InChI is InChI=1S/C14H21NO3/c1-16-9-10-7-11(12-5-4-6-15-12)14(18-3)8-13(10)17-2/h7-8,12,15H,4-6,9H2,1-3H3. The summed E-state index contributed by atoms with van der Waals surface area (Å²) in [5.41, 5.74) is 2.26. The van der Waals surface area contributed by atoms with Gasteiger partial charge in [-0.25, -0.2) is 0 Å². The molecule has 1 fully saturated rings. The van der Waals surface area contributed by atoms with Crippen molar-refractivity contribution < 1.29 is 14.2 Å². The molecule has 1 aliphatic rings. The van der Waals surface area contributed by atoms with Gasteiger partial charge in [-0.3, -0.25) is 0 Å². The molecule has 100 valence electrons. The SMILES string of the molecule is COCc1cc(C2CCCN2)c(OC)cc1OC. The highest BCUT2D eigenvalue weighted by Gasteiger charge is 2.22. The Hall–Kier alpha value is -1.26. The van der Waals surface area contributed by atoms with Crippen molar-refractivity contribution in [2.75, 3.05) is 27.9 Å². The Morgan fingerprint density at radius 3 is 2.50 bits per heavy atom. The predicted molar refractivity (Wildman–Crippen MR) is 70.2 cm³/mol. The van der Waals surface area contributed by atoms with E-state index in [1.807, 2.05) is 6.07 Å². The van der Waals surface area contributed by atoms with E-state index in [-0.39, 0.29) is 0 Å². The zero-order chi connectivity index (χ0) is 13.0. The normalized spacial score (nSPS) is 18.9. The van der Waals surface area contributed by atoms with Gasteiger partial charge in [0.25, 0.3) is 0 Å². The molecular weight excluding hydrogens is 230 g/mol. The lowest BCUT2D eigenvalue weighted by Crippen LogP contribution is -2.14. The van der Waals surface area contributed by atoms with Crippen LogP contribution in [0.25, 0.3) is 0 Å². The van der Waals surface area contributed by atoms with Gasteiger partial charge in [0.2, 0.25) is 0 Å². The molecule has 1 aliphatic heterocycles. The van der Waals surface area contributed by atoms with Crippen LogP contribution in [0.4, 0.5) is 0 Å². The van der Waals surface area contributed by atoms with E-state index in [0.29, 0.717) is 12.6 Å². The Bertz CT molecular complexity index is 400. The summed E-state index contributed by atoms with van der Waals surface area (Å²) in [6.07, 6.45) is 2.36. The molecule has 1 aromatic rings. The Kier molecular flexibility index (Phi) is 4.44. The number of hydrogen-bond donors (Lipinski definition) is 1. The second kappa shape index (κ2) is 6.07. The summed E-state index contributed by atoms with van der Waals surface area (Å²) in [6, 6.07) is 4.45. The summed E-state index contributed by atoms with van der Waals surface area (Å²) in [7, 11) is 5.06. The number of nitrogens with one attached hydrogen (secondary N) is 1. The smallest absolute Gasteiger partial charge is 0.128 e. The first kappa shape index (κ1) is 13.2. The van der Waals surface area contributed by atoms with E-state index in [1.165, 1.54) is 12.0 Å². The van der Waals surface area contributed by atoms with E-state index in [2.05, 4.69) is 11.4 Å². The van der Waals surface area contributed by atoms with Gasteiger partial charge in [0.15, 0.2) is 0 Å². The molecule has 0 radical (unpaired) electrons. The summed E-state index contributed by atoms with van der Waals surface area (Å²) in [4.78, 5) is 0. The third-order valence-corrected chi connectivity index (χ3v) is 3.37. The highest BCUT2D eigenvalue weighted by atomic mass is 16.5. The minimum Gasteiger partial charge on any atom is -0.496 e. The lowest BCUT2D eigenvalue weighted by atomic mass is 10.0. The third kappa shape index (κ3) is 2.60. The Morgan fingerprint density at radius 1 is 1.17 bits per heavy atom. The van der Waals surface area contributed by atoms with E-state index in [4.69, 9.17) is 14.2 Å². The third-order valence-electron chi connectivity index (χ3n) is 3.37. The summed E-state index contributed by atoms with van der Waals surface area (Å²) >= 11 is 0. The summed E-state index contributed by atoms with van der Waals surface area (Å²) in [5.74, 6) is 1.70. The van der Waals surface area contributed by atoms with E-state index < -0.39 is 0 Å². The van der Waals surface area contributed by atoms with Crippen LogP contribution in [0.1, 0.15) is 30.0 Å². The molecule has 1 N–H and O–H groups in total. The fraction of sp³-hybridized carbons (Fsp3) is 0.571. The van der Waals surface area contributed by atoms with Crippen LogP contribution in [0.3, 0.4) is 0 Å². The minimum absolute atomic E-state index is 0.376. The van der Waals surface area contributed by atoms with E-state index in [0.717, 1.165) is 30.0 Å². The molecule has 0 saturated carbocycles. The van der Waals surface area contributed by atoms with Crippen molar-refractivity contribution in [2.45, 2.75) is 25.5 Å². The van der Waals surface area contributed by atoms with E-state index in [1.54, 1.807) is 21.3 Å². The van der Waals surface area contributed by atoms with Gasteiger partial charge < -0.3 is 19.5 Å². The maximum absolute atomic E-state index is 5.47. The highest BCUT2D eigenvalue weighted by molar-refractivity contribution is 5.48. The molecular formula is C14H21NO3. The van der Waals surface area contributed by atoms with Gasteiger partial charge in [0.1, 0.15) is 11.5 Å². The number of hydrogen-bond acceptors (Lipinski definition) is 4. The van der Waals surface area contributed by atoms with Crippen LogP contribution in [0, 0.1) is 0 Å². The van der Waals surface area contributed by atoms with Crippen LogP contribution in [0.5, 0.6) is 11.5 Å². The van der Waals surface area contributed by atoms with Crippen molar-refractivity contribution in [1.82, 2.24) is 5.32 Å². The Balaban J connectivity index is 2.39. The molecule has 0 aromatic heterocycles. The molecule has 1 heterocycles. The topological polar surface area (TPSA) is 39.7 Å². The second-order valence-electron chi connectivity index (χ2n) is 4.49. The molecule has 1 atom stereocenters. The van der Waals surface area contributed by atoms with Crippen LogP contribution in [0.2, 0.25) is 0 Å². The van der Waals surface area contributed by atoms with Gasteiger partial charge in [-0.15, -0.1) is 0 Å². The number of methoxy groups -OCH3 is 3. The number of rotatable bonds is 5. The average Bonchev–Trinajstić information content (AvgIpc) is 2.92. The van der Waals surface area contributed by atoms with Crippen molar-refractivity contribution >= 4 is 0 Å². The Labute approximate surface area is 108 Å². The molecule has 4 nitrogen and oxygen atoms in total. The Morgan fingerprint density at radius 2 is 1.94 bits per heavy atom. The van der Waals surface area contributed by atoms with Gasteiger partial charge in [0.05, 0.1) is 20.8 Å². The molecule has 0 aliphatic carbocycles. The van der Waals surface area contributed by atoms with Crippen LogP contribution in [-0.2, 0) is 11.3 Å². The van der Waals surface area contributed by atoms with Crippen molar-refractivity contribution in [2.24, 2.45) is 0 Å². The zero-order valence-electron chi connectivity index (χ0n) is 11.3. The van der Waals surface area contributed by atoms with E-state index in [9.17, 15) is 0 Å². The quantitative estimate of drug-likeness (QED) is 0.871. The lowest BCUT2D eigenvalue weighted by molar-refractivity contribution is 0.181.